The molecule has 0 saturated heterocycles. The van der Waals surface area contributed by atoms with Gasteiger partial charge in [-0.3, -0.25) is 0 Å². The number of hydrogen-bond acceptors (Lipinski definition) is 2. The minimum atomic E-state index is -0.462. The van der Waals surface area contributed by atoms with Gasteiger partial charge in [0.15, 0.2) is 0 Å². The van der Waals surface area contributed by atoms with E-state index in [4.69, 9.17) is 4.74 Å². The van der Waals surface area contributed by atoms with Crippen molar-refractivity contribution in [3.05, 3.63) is 28.2 Å². The Morgan fingerprint density at radius 2 is 2.27 bits per heavy atom. The smallest absolute Gasteiger partial charge is 0.123 e. The van der Waals surface area contributed by atoms with Crippen LogP contribution in [0.15, 0.2) is 22.7 Å². The van der Waals surface area contributed by atoms with E-state index in [-0.39, 0.29) is 6.61 Å². The molecule has 4 heteroatoms. The minimum Gasteiger partial charge on any atom is -0.491 e. The normalized spacial score (nSPS) is 10.3. The van der Waals surface area contributed by atoms with Crippen molar-refractivity contribution in [3.63, 3.8) is 0 Å². The molecule has 1 rings (SSSR count). The van der Waals surface area contributed by atoms with Gasteiger partial charge in [0.05, 0.1) is 0 Å². The molecule has 0 radical (unpaired) electrons. The van der Waals surface area contributed by atoms with Crippen molar-refractivity contribution < 1.29 is 9.13 Å². The molecule has 2 nitrogen and oxygen atoms in total. The largest absolute Gasteiger partial charge is 0.491 e. The van der Waals surface area contributed by atoms with Crippen LogP contribution in [-0.2, 0) is 6.54 Å². The van der Waals surface area contributed by atoms with Crippen molar-refractivity contribution in [2.75, 3.05) is 19.8 Å². The topological polar surface area (TPSA) is 21.3 Å². The first-order valence-corrected chi connectivity index (χ1v) is 5.75. The van der Waals surface area contributed by atoms with Crippen molar-refractivity contribution >= 4 is 15.9 Å². The van der Waals surface area contributed by atoms with E-state index in [1.807, 2.05) is 25.1 Å². The summed E-state index contributed by atoms with van der Waals surface area (Å²) in [5.74, 6) is 0.747. The molecule has 0 spiro atoms. The van der Waals surface area contributed by atoms with Gasteiger partial charge in [-0.25, -0.2) is 4.39 Å². The molecule has 0 aromatic heterocycles. The summed E-state index contributed by atoms with van der Waals surface area (Å²) in [6.07, 6.45) is 0. The van der Waals surface area contributed by atoms with Crippen LogP contribution in [0.1, 0.15) is 12.5 Å². The fourth-order valence-corrected chi connectivity index (χ4v) is 1.64. The number of halogens is 2. The van der Waals surface area contributed by atoms with E-state index in [2.05, 4.69) is 21.2 Å². The summed E-state index contributed by atoms with van der Waals surface area (Å²) in [6, 6.07) is 5.73. The van der Waals surface area contributed by atoms with Crippen LogP contribution >= 0.6 is 15.9 Å². The van der Waals surface area contributed by atoms with Gasteiger partial charge in [-0.2, -0.15) is 0 Å². The summed E-state index contributed by atoms with van der Waals surface area (Å²) in [5, 5.41) is 3.21. The van der Waals surface area contributed by atoms with E-state index in [9.17, 15) is 4.39 Å². The molecular weight excluding hydrogens is 261 g/mol. The van der Waals surface area contributed by atoms with Crippen molar-refractivity contribution in [2.24, 2.45) is 0 Å². The average Bonchev–Trinajstić information content (AvgIpc) is 2.25. The van der Waals surface area contributed by atoms with Gasteiger partial charge in [0.25, 0.3) is 0 Å². The Hall–Kier alpha value is -0.610. The van der Waals surface area contributed by atoms with E-state index in [0.29, 0.717) is 0 Å². The molecule has 0 aliphatic carbocycles. The molecule has 0 bridgehead atoms. The second-order valence-corrected chi connectivity index (χ2v) is 3.99. The molecule has 0 aliphatic heterocycles. The lowest BCUT2D eigenvalue weighted by molar-refractivity contribution is 0.270. The second kappa shape index (κ2) is 6.80. The molecule has 0 unspecified atom stereocenters. The number of hydrogen-bond donors (Lipinski definition) is 1. The summed E-state index contributed by atoms with van der Waals surface area (Å²) < 4.78 is 18.3. The van der Waals surface area contributed by atoms with Gasteiger partial charge in [-0.05, 0) is 24.7 Å². The highest BCUT2D eigenvalue weighted by Gasteiger charge is 2.03. The van der Waals surface area contributed by atoms with Crippen LogP contribution in [0.4, 0.5) is 4.39 Å². The lowest BCUT2D eigenvalue weighted by atomic mass is 10.2. The number of benzene rings is 1. The SMILES string of the molecule is CCNCc1cc(Br)ccc1OCCF. The predicted octanol–water partition coefficient (Wildman–Crippen LogP) is 2.91. The molecule has 0 aliphatic rings. The van der Waals surface area contributed by atoms with Gasteiger partial charge < -0.3 is 10.1 Å². The molecule has 1 aromatic carbocycles. The van der Waals surface area contributed by atoms with Crippen molar-refractivity contribution in [1.82, 2.24) is 5.32 Å². The molecule has 0 atom stereocenters. The number of ether oxygens (including phenoxy) is 1. The highest BCUT2D eigenvalue weighted by molar-refractivity contribution is 9.10. The summed E-state index contributed by atoms with van der Waals surface area (Å²) in [7, 11) is 0. The maximum Gasteiger partial charge on any atom is 0.123 e. The molecule has 1 N–H and O–H groups in total. The highest BCUT2D eigenvalue weighted by atomic mass is 79.9. The minimum absolute atomic E-state index is 0.112. The van der Waals surface area contributed by atoms with E-state index in [1.165, 1.54) is 0 Å². The second-order valence-electron chi connectivity index (χ2n) is 3.07. The monoisotopic (exact) mass is 275 g/mol. The lowest BCUT2D eigenvalue weighted by Crippen LogP contribution is -2.13. The van der Waals surface area contributed by atoms with Crippen molar-refractivity contribution in [2.45, 2.75) is 13.5 Å². The zero-order chi connectivity index (χ0) is 11.1. The quantitative estimate of drug-likeness (QED) is 0.862. The molecule has 0 fully saturated rings. The third-order valence-corrected chi connectivity index (χ3v) is 2.42. The Morgan fingerprint density at radius 1 is 1.47 bits per heavy atom. The highest BCUT2D eigenvalue weighted by Crippen LogP contribution is 2.23. The zero-order valence-corrected chi connectivity index (χ0v) is 10.3. The Labute approximate surface area is 98.0 Å². The maximum atomic E-state index is 12.0. The maximum absolute atomic E-state index is 12.0. The van der Waals surface area contributed by atoms with Gasteiger partial charge in [0, 0.05) is 16.6 Å². The van der Waals surface area contributed by atoms with Crippen LogP contribution in [0.2, 0.25) is 0 Å². The molecule has 0 saturated carbocycles. The van der Waals surface area contributed by atoms with Crippen molar-refractivity contribution in [3.8, 4) is 5.75 Å². The van der Waals surface area contributed by atoms with Crippen LogP contribution in [-0.4, -0.2) is 19.8 Å². The van der Waals surface area contributed by atoms with Gasteiger partial charge in [0.1, 0.15) is 19.0 Å². The van der Waals surface area contributed by atoms with E-state index < -0.39 is 6.67 Å². The predicted molar refractivity (Wildman–Crippen MR) is 63.0 cm³/mol. The third kappa shape index (κ3) is 4.18. The summed E-state index contributed by atoms with van der Waals surface area (Å²) >= 11 is 3.40. The fourth-order valence-electron chi connectivity index (χ4n) is 1.24. The summed E-state index contributed by atoms with van der Waals surface area (Å²) in [5.41, 5.74) is 1.04. The molecule has 15 heavy (non-hydrogen) atoms. The lowest BCUT2D eigenvalue weighted by Gasteiger charge is -2.11. The first kappa shape index (κ1) is 12.5. The number of alkyl halides is 1. The van der Waals surface area contributed by atoms with E-state index >= 15 is 0 Å². The molecule has 0 amide bonds. The van der Waals surface area contributed by atoms with E-state index in [1.54, 1.807) is 0 Å². The Bertz CT molecular complexity index is 307. The molecule has 0 heterocycles. The molecular formula is C11H15BrFNO. The average molecular weight is 276 g/mol. The Morgan fingerprint density at radius 3 is 2.93 bits per heavy atom. The van der Waals surface area contributed by atoms with Gasteiger partial charge in [-0.1, -0.05) is 22.9 Å². The first-order valence-electron chi connectivity index (χ1n) is 4.95. The Kier molecular flexibility index (Phi) is 5.65. The van der Waals surface area contributed by atoms with Crippen LogP contribution < -0.4 is 10.1 Å². The summed E-state index contributed by atoms with van der Waals surface area (Å²) in [6.45, 7) is 3.32. The van der Waals surface area contributed by atoms with Crippen LogP contribution in [0.3, 0.4) is 0 Å². The van der Waals surface area contributed by atoms with Gasteiger partial charge in [0.2, 0.25) is 0 Å². The number of rotatable bonds is 6. The molecule has 84 valence electrons. The van der Waals surface area contributed by atoms with Gasteiger partial charge >= 0.3 is 0 Å². The first-order chi connectivity index (χ1) is 7.27. The van der Waals surface area contributed by atoms with Crippen LogP contribution in [0.25, 0.3) is 0 Å². The standard InChI is InChI=1S/C11H15BrFNO/c1-2-14-8-9-7-10(12)3-4-11(9)15-6-5-13/h3-4,7,14H,2,5-6,8H2,1H3. The Balaban J connectivity index is 2.73. The van der Waals surface area contributed by atoms with Crippen LogP contribution in [0.5, 0.6) is 5.75 Å². The fraction of sp³-hybridized carbons (Fsp3) is 0.455. The molecule has 1 aromatic rings. The number of nitrogens with one attached hydrogen (secondary N) is 1. The van der Waals surface area contributed by atoms with Gasteiger partial charge in [-0.15, -0.1) is 0 Å². The summed E-state index contributed by atoms with van der Waals surface area (Å²) in [4.78, 5) is 0. The third-order valence-electron chi connectivity index (χ3n) is 1.92. The van der Waals surface area contributed by atoms with E-state index in [0.717, 1.165) is 28.9 Å². The zero-order valence-electron chi connectivity index (χ0n) is 8.72. The van der Waals surface area contributed by atoms with Crippen LogP contribution in [0, 0.1) is 0 Å². The van der Waals surface area contributed by atoms with Crippen molar-refractivity contribution in [1.29, 1.82) is 0 Å².